The summed E-state index contributed by atoms with van der Waals surface area (Å²) in [6, 6.07) is 19.3. The van der Waals surface area contributed by atoms with Crippen molar-refractivity contribution < 1.29 is 4.74 Å². The maximum Gasteiger partial charge on any atom is 0.165 e. The standard InChI is InChI=1S/C22H23ClN6O/c23-20-19(28-27-18-9-5-2-6-10-18)22(24-11-12-29-13-15-30-16-14-29)26-21(25-20)17-7-3-1-4-8-17/h1-10H,11-16H2,(H,24,25,26)/b28-27+. The number of anilines is 1. The largest absolute Gasteiger partial charge is 0.379 e. The Balaban J connectivity index is 1.59. The zero-order valence-corrected chi connectivity index (χ0v) is 17.3. The lowest BCUT2D eigenvalue weighted by molar-refractivity contribution is 0.0398. The predicted octanol–water partition coefficient (Wildman–Crippen LogP) is 4.96. The summed E-state index contributed by atoms with van der Waals surface area (Å²) in [4.78, 5) is 11.5. The minimum atomic E-state index is 0.261. The Morgan fingerprint density at radius 3 is 2.37 bits per heavy atom. The number of morpholine rings is 1. The molecule has 30 heavy (non-hydrogen) atoms. The molecule has 2 aromatic carbocycles. The Labute approximate surface area is 180 Å². The molecule has 1 N–H and O–H groups in total. The lowest BCUT2D eigenvalue weighted by Gasteiger charge is -2.26. The molecule has 154 valence electrons. The number of nitrogens with one attached hydrogen (secondary N) is 1. The first-order valence-corrected chi connectivity index (χ1v) is 10.3. The van der Waals surface area contributed by atoms with Gasteiger partial charge in [-0.3, -0.25) is 4.90 Å². The van der Waals surface area contributed by atoms with Crippen LogP contribution < -0.4 is 5.32 Å². The average Bonchev–Trinajstić information content (AvgIpc) is 2.80. The highest BCUT2D eigenvalue weighted by molar-refractivity contribution is 6.32. The van der Waals surface area contributed by atoms with Crippen LogP contribution in [0.25, 0.3) is 11.4 Å². The van der Waals surface area contributed by atoms with E-state index in [4.69, 9.17) is 21.3 Å². The van der Waals surface area contributed by atoms with Crippen LogP contribution in [0.15, 0.2) is 70.9 Å². The Morgan fingerprint density at radius 1 is 0.933 bits per heavy atom. The summed E-state index contributed by atoms with van der Waals surface area (Å²) in [6.07, 6.45) is 0. The second-order valence-corrected chi connectivity index (χ2v) is 7.18. The second-order valence-electron chi connectivity index (χ2n) is 6.82. The SMILES string of the molecule is Clc1nc(-c2ccccc2)nc(NCCN2CCOCC2)c1/N=N/c1ccccc1. The van der Waals surface area contributed by atoms with Crippen molar-refractivity contribution in [2.24, 2.45) is 10.2 Å². The molecule has 1 aliphatic rings. The first-order chi connectivity index (χ1) is 14.8. The van der Waals surface area contributed by atoms with Gasteiger partial charge in [0.1, 0.15) is 0 Å². The van der Waals surface area contributed by atoms with Crippen LogP contribution in [0.1, 0.15) is 0 Å². The molecule has 0 atom stereocenters. The van der Waals surface area contributed by atoms with Crippen LogP contribution >= 0.6 is 11.6 Å². The third-order valence-corrected chi connectivity index (χ3v) is 4.98. The van der Waals surface area contributed by atoms with Gasteiger partial charge in [0.25, 0.3) is 0 Å². The van der Waals surface area contributed by atoms with Gasteiger partial charge in [-0.25, -0.2) is 9.97 Å². The van der Waals surface area contributed by atoms with E-state index in [2.05, 4.69) is 25.4 Å². The Hall–Kier alpha value is -2.87. The zero-order chi connectivity index (χ0) is 20.6. The molecule has 0 bridgehead atoms. The summed E-state index contributed by atoms with van der Waals surface area (Å²) in [5, 5.41) is 12.3. The molecule has 1 fully saturated rings. The molecule has 0 aliphatic carbocycles. The van der Waals surface area contributed by atoms with Crippen molar-refractivity contribution in [3.8, 4) is 11.4 Å². The molecule has 4 rings (SSSR count). The first-order valence-electron chi connectivity index (χ1n) is 9.93. The van der Waals surface area contributed by atoms with Gasteiger partial charge in [-0.05, 0) is 12.1 Å². The van der Waals surface area contributed by atoms with E-state index in [1.54, 1.807) is 0 Å². The predicted molar refractivity (Wildman–Crippen MR) is 119 cm³/mol. The van der Waals surface area contributed by atoms with Crippen LogP contribution in [0.4, 0.5) is 17.2 Å². The highest BCUT2D eigenvalue weighted by Gasteiger charge is 2.15. The van der Waals surface area contributed by atoms with Crippen molar-refractivity contribution in [2.75, 3.05) is 44.7 Å². The molecule has 1 saturated heterocycles. The molecule has 0 unspecified atom stereocenters. The van der Waals surface area contributed by atoms with Gasteiger partial charge in [-0.15, -0.1) is 5.11 Å². The van der Waals surface area contributed by atoms with Crippen molar-refractivity contribution in [1.29, 1.82) is 0 Å². The lowest BCUT2D eigenvalue weighted by atomic mass is 10.2. The molecular formula is C22H23ClN6O. The van der Waals surface area contributed by atoms with Crippen LogP contribution in [-0.2, 0) is 4.74 Å². The van der Waals surface area contributed by atoms with E-state index in [-0.39, 0.29) is 5.15 Å². The summed E-state index contributed by atoms with van der Waals surface area (Å²) in [5.41, 5.74) is 2.06. The number of ether oxygens (including phenoxy) is 1. The van der Waals surface area contributed by atoms with E-state index in [1.165, 1.54) is 0 Å². The van der Waals surface area contributed by atoms with Crippen LogP contribution in [0, 0.1) is 0 Å². The van der Waals surface area contributed by atoms with Crippen molar-refractivity contribution in [2.45, 2.75) is 0 Å². The van der Waals surface area contributed by atoms with Gasteiger partial charge >= 0.3 is 0 Å². The number of hydrogen-bond donors (Lipinski definition) is 1. The summed E-state index contributed by atoms with van der Waals surface area (Å²) in [7, 11) is 0. The highest BCUT2D eigenvalue weighted by Crippen LogP contribution is 2.34. The maximum atomic E-state index is 6.51. The van der Waals surface area contributed by atoms with Crippen molar-refractivity contribution in [3.63, 3.8) is 0 Å². The van der Waals surface area contributed by atoms with Crippen molar-refractivity contribution >= 4 is 28.8 Å². The number of nitrogens with zero attached hydrogens (tertiary/aromatic N) is 5. The van der Waals surface area contributed by atoms with Crippen LogP contribution in [0.3, 0.4) is 0 Å². The monoisotopic (exact) mass is 422 g/mol. The number of benzene rings is 2. The number of aromatic nitrogens is 2. The quantitative estimate of drug-likeness (QED) is 0.430. The minimum Gasteiger partial charge on any atom is -0.379 e. The summed E-state index contributed by atoms with van der Waals surface area (Å²) in [6.45, 7) is 4.99. The Bertz CT molecular complexity index is 978. The van der Waals surface area contributed by atoms with Gasteiger partial charge in [0.2, 0.25) is 0 Å². The number of rotatable bonds is 7. The topological polar surface area (TPSA) is 75.0 Å². The molecule has 8 heteroatoms. The van der Waals surface area contributed by atoms with Gasteiger partial charge in [0.05, 0.1) is 18.9 Å². The summed E-state index contributed by atoms with van der Waals surface area (Å²) >= 11 is 6.51. The fourth-order valence-corrected chi connectivity index (χ4v) is 3.32. The van der Waals surface area contributed by atoms with Crippen LogP contribution in [-0.4, -0.2) is 54.3 Å². The van der Waals surface area contributed by atoms with E-state index < -0.39 is 0 Å². The minimum absolute atomic E-state index is 0.261. The molecular weight excluding hydrogens is 400 g/mol. The molecule has 1 aromatic heterocycles. The van der Waals surface area contributed by atoms with Crippen molar-refractivity contribution in [3.05, 3.63) is 65.8 Å². The van der Waals surface area contributed by atoms with E-state index in [0.717, 1.165) is 44.1 Å². The average molecular weight is 423 g/mol. The molecule has 7 nitrogen and oxygen atoms in total. The molecule has 0 spiro atoms. The normalized spacial score (nSPS) is 14.8. The lowest BCUT2D eigenvalue weighted by Crippen LogP contribution is -2.39. The summed E-state index contributed by atoms with van der Waals surface area (Å²) in [5.74, 6) is 1.12. The van der Waals surface area contributed by atoms with Crippen LogP contribution in [0.5, 0.6) is 0 Å². The fourth-order valence-electron chi connectivity index (χ4n) is 3.12. The van der Waals surface area contributed by atoms with E-state index >= 15 is 0 Å². The van der Waals surface area contributed by atoms with Gasteiger partial charge in [0.15, 0.2) is 22.5 Å². The molecule has 0 saturated carbocycles. The molecule has 0 amide bonds. The van der Waals surface area contributed by atoms with E-state index in [1.807, 2.05) is 60.7 Å². The van der Waals surface area contributed by atoms with E-state index in [0.29, 0.717) is 23.9 Å². The van der Waals surface area contributed by atoms with Gasteiger partial charge in [-0.1, -0.05) is 60.1 Å². The number of azo groups is 1. The second kappa shape index (κ2) is 10.2. The smallest absolute Gasteiger partial charge is 0.165 e. The Kier molecular flexibility index (Phi) is 6.97. The fraction of sp³-hybridized carbons (Fsp3) is 0.273. The zero-order valence-electron chi connectivity index (χ0n) is 16.5. The van der Waals surface area contributed by atoms with Gasteiger partial charge < -0.3 is 10.1 Å². The molecule has 1 aliphatic heterocycles. The molecule has 0 radical (unpaired) electrons. The third-order valence-electron chi connectivity index (χ3n) is 4.72. The summed E-state index contributed by atoms with van der Waals surface area (Å²) < 4.78 is 5.41. The van der Waals surface area contributed by atoms with Gasteiger partial charge in [0, 0.05) is 31.7 Å². The van der Waals surface area contributed by atoms with Crippen LogP contribution in [0.2, 0.25) is 5.15 Å². The highest BCUT2D eigenvalue weighted by atomic mass is 35.5. The molecule has 3 aromatic rings. The Morgan fingerprint density at radius 2 is 1.63 bits per heavy atom. The maximum absolute atomic E-state index is 6.51. The van der Waals surface area contributed by atoms with Gasteiger partial charge in [-0.2, -0.15) is 5.11 Å². The third kappa shape index (κ3) is 5.38. The van der Waals surface area contributed by atoms with Crippen molar-refractivity contribution in [1.82, 2.24) is 14.9 Å². The number of hydrogen-bond acceptors (Lipinski definition) is 7. The first kappa shape index (κ1) is 20.4. The molecule has 2 heterocycles. The van der Waals surface area contributed by atoms with E-state index in [9.17, 15) is 0 Å². The number of halogens is 1.